The van der Waals surface area contributed by atoms with Gasteiger partial charge in [-0.05, 0) is 26.1 Å². The van der Waals surface area contributed by atoms with Crippen LogP contribution in [0.1, 0.15) is 13.8 Å². The van der Waals surface area contributed by atoms with Crippen LogP contribution in [0.25, 0.3) is 0 Å². The average molecular weight is 120 g/mol. The van der Waals surface area contributed by atoms with Crippen LogP contribution < -0.4 is 11.1 Å². The van der Waals surface area contributed by atoms with E-state index in [4.69, 9.17) is 5.73 Å². The van der Waals surface area contributed by atoms with E-state index in [2.05, 4.69) is 17.5 Å². The molecule has 3 heteroatoms. The second-order valence-electron chi connectivity index (χ2n) is 1.66. The van der Waals surface area contributed by atoms with Gasteiger partial charge in [0.2, 0.25) is 0 Å². The number of nitrogens with one attached hydrogen (secondary N) is 1. The van der Waals surface area contributed by atoms with Crippen LogP contribution >= 0.6 is 12.2 Å². The molecule has 0 atom stereocenters. The van der Waals surface area contributed by atoms with Gasteiger partial charge in [0.05, 0.1) is 0 Å². The summed E-state index contributed by atoms with van der Waals surface area (Å²) in [6.45, 7) is 3.97. The number of thiocarbonyl (C=S) groups is 1. The van der Waals surface area contributed by atoms with E-state index in [1.54, 1.807) is 0 Å². The fraction of sp³-hybridized carbons (Fsp3) is 0.750. The minimum Gasteiger partial charge on any atom is -0.376 e. The number of hydrogen-bond donors (Lipinski definition) is 2. The maximum Gasteiger partial charge on any atom is 0.163 e. The first-order valence-electron chi connectivity index (χ1n) is 2.19. The zero-order chi connectivity index (χ0) is 5.86. The third-order valence-corrected chi connectivity index (χ3v) is 0.549. The molecule has 0 aliphatic rings. The Labute approximate surface area is 49.1 Å². The monoisotopic (exact) mass is 120 g/mol. The van der Waals surface area contributed by atoms with Crippen molar-refractivity contribution in [2.24, 2.45) is 5.73 Å². The van der Waals surface area contributed by atoms with E-state index in [0.717, 1.165) is 0 Å². The molecule has 0 radical (unpaired) electrons. The summed E-state index contributed by atoms with van der Waals surface area (Å²) in [7, 11) is 0. The van der Waals surface area contributed by atoms with Crippen molar-refractivity contribution in [1.29, 1.82) is 0 Å². The molecule has 0 aliphatic heterocycles. The van der Waals surface area contributed by atoms with Crippen molar-refractivity contribution in [2.75, 3.05) is 0 Å². The van der Waals surface area contributed by atoms with Crippen LogP contribution in [0.2, 0.25) is 0 Å². The quantitative estimate of drug-likeness (QED) is 0.486. The Hall–Kier alpha value is -0.310. The lowest BCUT2D eigenvalue weighted by atomic mass is 10.4. The molecule has 0 bridgehead atoms. The van der Waals surface area contributed by atoms with Crippen molar-refractivity contribution in [1.82, 2.24) is 5.32 Å². The Kier molecular flexibility index (Phi) is 2.67. The Balaban J connectivity index is 3.13. The van der Waals surface area contributed by atoms with Gasteiger partial charge in [0.15, 0.2) is 5.11 Å². The molecular formula is C4H10N2S. The number of hydrogen-bond acceptors (Lipinski definition) is 1. The third-order valence-electron chi connectivity index (χ3n) is 0.431. The molecule has 0 saturated heterocycles. The van der Waals surface area contributed by atoms with Crippen LogP contribution in [0.4, 0.5) is 0 Å². The fourth-order valence-corrected chi connectivity index (χ4v) is 0.520. The van der Waals surface area contributed by atoms with Crippen LogP contribution in [0.15, 0.2) is 0 Å². The van der Waals surface area contributed by atoms with Gasteiger partial charge in [-0.15, -0.1) is 0 Å². The first kappa shape index (κ1) is 6.69. The van der Waals surface area contributed by atoms with Gasteiger partial charge < -0.3 is 11.1 Å². The topological polar surface area (TPSA) is 38.0 Å². The summed E-state index contributed by atoms with van der Waals surface area (Å²) in [6, 6.07) is 0.359. The van der Waals surface area contributed by atoms with Crippen molar-refractivity contribution in [2.45, 2.75) is 19.9 Å². The lowest BCUT2D eigenvalue weighted by molar-refractivity contribution is 0.736. The zero-order valence-corrected chi connectivity index (χ0v) is 5.38. The lowest BCUT2D eigenvalue weighted by Gasteiger charge is -2.04. The molecule has 0 heterocycles. The summed E-state index contributed by atoms with van der Waals surface area (Å²) >= 11 is 4.54. The van der Waals surface area contributed by atoms with E-state index < -0.39 is 0 Å². The number of rotatable bonds is 1. The summed E-state index contributed by atoms with van der Waals surface area (Å²) < 4.78 is 0. The fourth-order valence-electron chi connectivity index (χ4n) is 0.285. The van der Waals surface area contributed by atoms with Gasteiger partial charge in [0, 0.05) is 6.04 Å². The maximum absolute atomic E-state index is 5.11. The summed E-state index contributed by atoms with van der Waals surface area (Å²) in [5.41, 5.74) is 5.11. The van der Waals surface area contributed by atoms with Gasteiger partial charge in [-0.2, -0.15) is 0 Å². The second kappa shape index (κ2) is 2.80. The Bertz CT molecular complexity index is 70.1. The summed E-state index contributed by atoms with van der Waals surface area (Å²) in [4.78, 5) is 0. The molecule has 2 nitrogen and oxygen atoms in total. The van der Waals surface area contributed by atoms with E-state index in [9.17, 15) is 0 Å². The molecule has 0 amide bonds. The highest BCUT2D eigenvalue weighted by atomic mass is 32.1. The number of nitrogens with two attached hydrogens (primary N) is 1. The molecule has 0 aromatic rings. The van der Waals surface area contributed by atoms with Crippen molar-refractivity contribution in [3.05, 3.63) is 0 Å². The Morgan fingerprint density at radius 1 is 1.71 bits per heavy atom. The molecule has 7 heavy (non-hydrogen) atoms. The van der Waals surface area contributed by atoms with Crippen LogP contribution in [0, 0.1) is 0 Å². The third kappa shape index (κ3) is 5.69. The van der Waals surface area contributed by atoms with Gasteiger partial charge in [0.25, 0.3) is 0 Å². The highest BCUT2D eigenvalue weighted by molar-refractivity contribution is 7.80. The van der Waals surface area contributed by atoms with Crippen LogP contribution in [0.5, 0.6) is 0 Å². The van der Waals surface area contributed by atoms with Crippen molar-refractivity contribution in [3.8, 4) is 0 Å². The molecule has 0 aliphatic carbocycles. The molecule has 0 spiro atoms. The van der Waals surface area contributed by atoms with Gasteiger partial charge in [-0.3, -0.25) is 0 Å². The van der Waals surface area contributed by atoms with Crippen LogP contribution in [-0.4, -0.2) is 11.2 Å². The lowest BCUT2D eigenvalue weighted by Crippen LogP contribution is -2.34. The molecule has 0 rings (SSSR count). The molecular weight excluding hydrogens is 110 g/mol. The molecule has 42 valence electrons. The van der Waals surface area contributed by atoms with Gasteiger partial charge in [-0.25, -0.2) is 0 Å². The molecule has 3 N–H and O–H groups in total. The van der Waals surface area contributed by atoms with Crippen molar-refractivity contribution in [3.63, 3.8) is 0 Å². The molecule has 0 saturated carbocycles. The molecule has 0 unspecified atom stereocenters. The predicted molar refractivity (Wildman–Crippen MR) is 35.1 cm³/mol. The Morgan fingerprint density at radius 2 is 2.14 bits per heavy atom. The summed E-state index contributed by atoms with van der Waals surface area (Å²) in [5.74, 6) is 0. The van der Waals surface area contributed by atoms with Crippen LogP contribution in [0.3, 0.4) is 0 Å². The van der Waals surface area contributed by atoms with E-state index in [1.165, 1.54) is 0 Å². The smallest absolute Gasteiger partial charge is 0.163 e. The first-order chi connectivity index (χ1) is 3.13. The summed E-state index contributed by atoms with van der Waals surface area (Å²) in [5, 5.41) is 3.19. The van der Waals surface area contributed by atoms with E-state index in [0.29, 0.717) is 11.2 Å². The normalized spacial score (nSPS) is 9.00. The van der Waals surface area contributed by atoms with Gasteiger partial charge in [0.1, 0.15) is 0 Å². The van der Waals surface area contributed by atoms with Crippen LogP contribution in [-0.2, 0) is 0 Å². The minimum atomic E-state index is 0.359. The second-order valence-corrected chi connectivity index (χ2v) is 2.10. The van der Waals surface area contributed by atoms with Gasteiger partial charge in [-0.1, -0.05) is 0 Å². The highest BCUT2D eigenvalue weighted by Crippen LogP contribution is 1.72. The maximum atomic E-state index is 5.11. The average Bonchev–Trinajstić information content (AvgIpc) is 1.27. The zero-order valence-electron chi connectivity index (χ0n) is 4.56. The minimum absolute atomic E-state index is 0.359. The largest absolute Gasteiger partial charge is 0.376 e. The van der Waals surface area contributed by atoms with E-state index in [1.807, 2.05) is 13.8 Å². The van der Waals surface area contributed by atoms with Crippen molar-refractivity contribution < 1.29 is 0 Å². The Morgan fingerprint density at radius 3 is 2.14 bits per heavy atom. The summed E-state index contributed by atoms with van der Waals surface area (Å²) in [6.07, 6.45) is 0. The SMILES string of the molecule is CC(C)N[14C](N)=S. The first-order valence-corrected chi connectivity index (χ1v) is 2.59. The van der Waals surface area contributed by atoms with E-state index in [-0.39, 0.29) is 0 Å². The standard InChI is InChI=1S/C4H10N2S/c1-3(2)6-4(5)7/h3H,1-2H3,(H3,5,6,7)/i4+2. The highest BCUT2D eigenvalue weighted by Gasteiger charge is 1.88. The van der Waals surface area contributed by atoms with E-state index >= 15 is 0 Å². The van der Waals surface area contributed by atoms with Crippen molar-refractivity contribution >= 4 is 17.3 Å². The molecule has 0 aromatic heterocycles. The van der Waals surface area contributed by atoms with Gasteiger partial charge >= 0.3 is 0 Å². The molecule has 0 aromatic carbocycles. The predicted octanol–water partition coefficient (Wildman–Crippen LogP) is 0.228. The molecule has 0 fully saturated rings.